The molecule has 0 aliphatic carbocycles. The zero-order valence-electron chi connectivity index (χ0n) is 20.8. The molecule has 13 heteroatoms. The Bertz CT molecular complexity index is 1280. The van der Waals surface area contributed by atoms with Gasteiger partial charge in [0.2, 0.25) is 11.7 Å². The maximum absolute atomic E-state index is 12.0. The molecule has 0 fully saturated rings. The predicted octanol–water partition coefficient (Wildman–Crippen LogP) is 4.05. The summed E-state index contributed by atoms with van der Waals surface area (Å²) in [6, 6.07) is 8.14. The van der Waals surface area contributed by atoms with Gasteiger partial charge in [0, 0.05) is 47.7 Å². The van der Waals surface area contributed by atoms with Crippen molar-refractivity contribution in [3.8, 4) is 11.1 Å². The molecule has 0 bridgehead atoms. The number of nitrogens with two attached hydrogens (primary N) is 2. The second-order valence-corrected chi connectivity index (χ2v) is 9.59. The molecule has 3 rings (SSSR count). The molecule has 0 radical (unpaired) electrons. The fourth-order valence-electron chi connectivity index (χ4n) is 3.83. The number of pyridine rings is 1. The number of nitrogens with one attached hydrogen (secondary N) is 1. The maximum atomic E-state index is 12.0. The lowest BCUT2D eigenvalue weighted by molar-refractivity contribution is -0.384. The number of hydrogen-bond acceptors (Lipinski definition) is 8. The summed E-state index contributed by atoms with van der Waals surface area (Å²) in [5, 5.41) is 15.1. The average molecular weight is 549 g/mol. The molecule has 1 unspecified atom stereocenters. The van der Waals surface area contributed by atoms with Crippen molar-refractivity contribution in [2.24, 2.45) is 5.73 Å². The molecule has 1 amide bonds. The predicted molar refractivity (Wildman–Crippen MR) is 148 cm³/mol. The Morgan fingerprint density at radius 2 is 1.95 bits per heavy atom. The number of aryl methyl sites for hydroxylation is 1. The van der Waals surface area contributed by atoms with Crippen molar-refractivity contribution >= 4 is 52.1 Å². The molecule has 3 aromatic rings. The van der Waals surface area contributed by atoms with E-state index in [0.717, 1.165) is 16.8 Å². The molecular formula is C24H30Cl2N8O3. The Balaban J connectivity index is 1.84. The topological polar surface area (TPSA) is 149 Å². The van der Waals surface area contributed by atoms with E-state index < -0.39 is 10.8 Å². The van der Waals surface area contributed by atoms with Gasteiger partial charge in [-0.3, -0.25) is 19.8 Å². The number of rotatable bonds is 12. The molecule has 198 valence electrons. The summed E-state index contributed by atoms with van der Waals surface area (Å²) in [4.78, 5) is 30.3. The molecule has 37 heavy (non-hydrogen) atoms. The number of nitrogens with zero attached hydrogens (tertiary/aromatic N) is 5. The summed E-state index contributed by atoms with van der Waals surface area (Å²) < 4.78 is 2.02. The summed E-state index contributed by atoms with van der Waals surface area (Å²) in [7, 11) is 3.85. The first-order valence-electron chi connectivity index (χ1n) is 11.5. The molecule has 0 saturated heterocycles. The van der Waals surface area contributed by atoms with Crippen LogP contribution in [-0.2, 0) is 11.3 Å². The largest absolute Gasteiger partial charge is 0.378 e. The van der Waals surface area contributed by atoms with Crippen LogP contribution in [0.1, 0.15) is 13.3 Å². The number of carbonyl (C=O) groups is 1. The molecule has 5 N–H and O–H groups in total. The monoisotopic (exact) mass is 548 g/mol. The van der Waals surface area contributed by atoms with Crippen LogP contribution < -0.4 is 21.7 Å². The van der Waals surface area contributed by atoms with E-state index in [2.05, 4.69) is 10.3 Å². The molecule has 11 nitrogen and oxygen atoms in total. The number of nitrogen functional groups attached to an aromatic ring is 1. The van der Waals surface area contributed by atoms with Gasteiger partial charge in [0.15, 0.2) is 0 Å². The number of nitro groups is 1. The van der Waals surface area contributed by atoms with Crippen LogP contribution in [0.25, 0.3) is 11.1 Å². The van der Waals surface area contributed by atoms with Gasteiger partial charge in [-0.2, -0.15) is 0 Å². The number of aromatic nitrogens is 2. The van der Waals surface area contributed by atoms with Gasteiger partial charge in [0.1, 0.15) is 5.82 Å². The average Bonchev–Trinajstić information content (AvgIpc) is 3.23. The summed E-state index contributed by atoms with van der Waals surface area (Å²) in [6.45, 7) is 3.19. The van der Waals surface area contributed by atoms with Crippen molar-refractivity contribution in [1.29, 1.82) is 0 Å². The second kappa shape index (κ2) is 12.1. The fraction of sp³-hybridized carbons (Fsp3) is 0.333. The lowest BCUT2D eigenvalue weighted by Gasteiger charge is -2.34. The third-order valence-electron chi connectivity index (χ3n) is 5.91. The van der Waals surface area contributed by atoms with E-state index in [1.807, 2.05) is 53.8 Å². The lowest BCUT2D eigenvalue weighted by Crippen LogP contribution is -2.47. The standard InChI is InChI=1S/C24H30Cl2N8O3/c1-15(31(2)3)33(14-22(27)35)21-13-32(12-18(21)17-6-5-16(25)11-19(17)26)10-4-9-29-23-8-7-20(34(36)37)24(28)30-23/h5-8,11-13,15H,4,9-10,14H2,1-3H3,(H2,27,35)(H3,28,29,30). The number of amides is 1. The number of carbonyl (C=O) groups excluding carboxylic acids is 1. The molecule has 0 aliphatic heterocycles. The second-order valence-electron chi connectivity index (χ2n) is 8.75. The quantitative estimate of drug-likeness (QED) is 0.133. The molecule has 0 aliphatic rings. The van der Waals surface area contributed by atoms with Crippen molar-refractivity contribution in [3.05, 3.63) is 62.9 Å². The zero-order valence-corrected chi connectivity index (χ0v) is 22.3. The highest BCUT2D eigenvalue weighted by Crippen LogP contribution is 2.38. The first-order chi connectivity index (χ1) is 17.5. The van der Waals surface area contributed by atoms with Crippen LogP contribution in [-0.4, -0.2) is 58.6 Å². The van der Waals surface area contributed by atoms with E-state index in [1.165, 1.54) is 12.1 Å². The molecule has 0 saturated carbocycles. The Kier molecular flexibility index (Phi) is 9.19. The smallest absolute Gasteiger partial charge is 0.311 e. The molecule has 2 aromatic heterocycles. The van der Waals surface area contributed by atoms with E-state index >= 15 is 0 Å². The fourth-order valence-corrected chi connectivity index (χ4v) is 4.34. The van der Waals surface area contributed by atoms with Gasteiger partial charge in [0.05, 0.1) is 28.3 Å². The van der Waals surface area contributed by atoms with E-state index in [1.54, 1.807) is 12.1 Å². The van der Waals surface area contributed by atoms with Crippen LogP contribution >= 0.6 is 23.2 Å². The van der Waals surface area contributed by atoms with Gasteiger partial charge in [-0.25, -0.2) is 4.98 Å². The molecule has 1 atom stereocenters. The van der Waals surface area contributed by atoms with E-state index in [-0.39, 0.29) is 24.2 Å². The number of primary amides is 1. The minimum absolute atomic E-state index is 0.0242. The van der Waals surface area contributed by atoms with Crippen LogP contribution in [0.4, 0.5) is 23.0 Å². The SMILES string of the molecule is CC(N(C)C)N(CC(N)=O)c1cn(CCCNc2ccc([N+](=O)[O-])c(N)n2)cc1-c1ccc(Cl)cc1Cl. The third-order valence-corrected chi connectivity index (χ3v) is 6.46. The maximum Gasteiger partial charge on any atom is 0.311 e. The normalized spacial score (nSPS) is 11.9. The summed E-state index contributed by atoms with van der Waals surface area (Å²) >= 11 is 12.7. The van der Waals surface area contributed by atoms with Gasteiger partial charge in [0.25, 0.3) is 0 Å². The zero-order chi connectivity index (χ0) is 27.3. The van der Waals surface area contributed by atoms with Gasteiger partial charge in [-0.15, -0.1) is 0 Å². The molecule has 0 spiro atoms. The first-order valence-corrected chi connectivity index (χ1v) is 12.2. The van der Waals surface area contributed by atoms with E-state index in [9.17, 15) is 14.9 Å². The minimum Gasteiger partial charge on any atom is -0.378 e. The Labute approximate surface area is 225 Å². The van der Waals surface area contributed by atoms with E-state index in [0.29, 0.717) is 35.4 Å². The first kappa shape index (κ1) is 28.0. The van der Waals surface area contributed by atoms with Crippen molar-refractivity contribution < 1.29 is 9.72 Å². The Morgan fingerprint density at radius 1 is 1.22 bits per heavy atom. The van der Waals surface area contributed by atoms with Gasteiger partial charge < -0.3 is 26.3 Å². The van der Waals surface area contributed by atoms with Crippen LogP contribution in [0.15, 0.2) is 42.7 Å². The number of anilines is 3. The van der Waals surface area contributed by atoms with Crippen LogP contribution in [0, 0.1) is 10.1 Å². The van der Waals surface area contributed by atoms with Crippen molar-refractivity contribution in [2.75, 3.05) is 43.1 Å². The van der Waals surface area contributed by atoms with Gasteiger partial charge in [-0.1, -0.05) is 29.3 Å². The van der Waals surface area contributed by atoms with Gasteiger partial charge >= 0.3 is 5.69 Å². The number of hydrogen-bond donors (Lipinski definition) is 3. The highest BCUT2D eigenvalue weighted by Gasteiger charge is 2.24. The Hall–Kier alpha value is -3.54. The van der Waals surface area contributed by atoms with Crippen molar-refractivity contribution in [3.63, 3.8) is 0 Å². The van der Waals surface area contributed by atoms with E-state index in [4.69, 9.17) is 34.7 Å². The Morgan fingerprint density at radius 3 is 2.54 bits per heavy atom. The molecule has 1 aromatic carbocycles. The summed E-state index contributed by atoms with van der Waals surface area (Å²) in [5.74, 6) is -0.134. The van der Waals surface area contributed by atoms with Gasteiger partial charge in [-0.05, 0) is 45.6 Å². The van der Waals surface area contributed by atoms with Crippen LogP contribution in [0.2, 0.25) is 10.0 Å². The van der Waals surface area contributed by atoms with Crippen LogP contribution in [0.3, 0.4) is 0 Å². The number of halogens is 2. The number of benzene rings is 1. The molecular weight excluding hydrogens is 519 g/mol. The highest BCUT2D eigenvalue weighted by atomic mass is 35.5. The highest BCUT2D eigenvalue weighted by molar-refractivity contribution is 6.36. The summed E-state index contributed by atoms with van der Waals surface area (Å²) in [6.07, 6.45) is 4.52. The van der Waals surface area contributed by atoms with Crippen molar-refractivity contribution in [1.82, 2.24) is 14.5 Å². The third kappa shape index (κ3) is 7.03. The lowest BCUT2D eigenvalue weighted by atomic mass is 10.1. The minimum atomic E-state index is -0.570. The van der Waals surface area contributed by atoms with Crippen molar-refractivity contribution in [2.45, 2.75) is 26.1 Å². The molecule has 2 heterocycles. The van der Waals surface area contributed by atoms with Crippen LogP contribution in [0.5, 0.6) is 0 Å². The summed E-state index contributed by atoms with van der Waals surface area (Å²) in [5.41, 5.74) is 13.5.